The molecule has 35 heavy (non-hydrogen) atoms. The van der Waals surface area contributed by atoms with E-state index in [1.807, 2.05) is 48.5 Å². The molecule has 3 aliphatic rings. The summed E-state index contributed by atoms with van der Waals surface area (Å²) < 4.78 is 12.1. The fraction of sp³-hybridized carbons (Fsp3) is 0.552. The number of para-hydroxylation sites is 2. The number of rotatable bonds is 7. The standard InChI is InChI=1S/C29H37N3O3/c30-20-23-10-4-5-11-24(23)25(29(33)22-8-2-1-3-9-22)14-15-31-16-18-32(19-17-31)28-21-34-26-12-6-7-13-27(26)35-28/h4-7,10-13,22,25,28-29,33H,1-3,8-9,14-19,21H2. The van der Waals surface area contributed by atoms with Gasteiger partial charge in [0.2, 0.25) is 0 Å². The van der Waals surface area contributed by atoms with Crippen molar-refractivity contribution >= 4 is 0 Å². The van der Waals surface area contributed by atoms with Crippen LogP contribution in [0.2, 0.25) is 0 Å². The van der Waals surface area contributed by atoms with Crippen LogP contribution in [0.1, 0.15) is 55.6 Å². The Hall–Kier alpha value is -2.59. The van der Waals surface area contributed by atoms with Crippen molar-refractivity contribution in [3.63, 3.8) is 0 Å². The SMILES string of the molecule is N#Cc1ccccc1C(CCN1CCN(C2COc3ccccc3O2)CC1)C(O)C1CCCCC1. The number of aliphatic hydroxyl groups is 1. The molecule has 3 unspecified atom stereocenters. The lowest BCUT2D eigenvalue weighted by atomic mass is 9.76. The molecule has 1 N–H and O–H groups in total. The lowest BCUT2D eigenvalue weighted by Gasteiger charge is -2.41. The van der Waals surface area contributed by atoms with Crippen LogP contribution in [0.5, 0.6) is 11.5 Å². The Morgan fingerprint density at radius 1 is 0.943 bits per heavy atom. The zero-order valence-corrected chi connectivity index (χ0v) is 20.5. The van der Waals surface area contributed by atoms with Gasteiger partial charge in [0, 0.05) is 32.1 Å². The number of hydrogen-bond donors (Lipinski definition) is 1. The largest absolute Gasteiger partial charge is 0.484 e. The van der Waals surface area contributed by atoms with Crippen molar-refractivity contribution in [1.82, 2.24) is 9.80 Å². The summed E-state index contributed by atoms with van der Waals surface area (Å²) in [6.45, 7) is 5.27. The number of aliphatic hydroxyl groups excluding tert-OH is 1. The van der Waals surface area contributed by atoms with E-state index in [4.69, 9.17) is 9.47 Å². The van der Waals surface area contributed by atoms with E-state index in [0.29, 0.717) is 18.1 Å². The van der Waals surface area contributed by atoms with Crippen molar-refractivity contribution in [2.24, 2.45) is 5.92 Å². The summed E-state index contributed by atoms with van der Waals surface area (Å²) in [6.07, 6.45) is 6.30. The van der Waals surface area contributed by atoms with E-state index in [1.54, 1.807) is 0 Å². The maximum Gasteiger partial charge on any atom is 0.187 e. The fourth-order valence-electron chi connectivity index (χ4n) is 6.02. The van der Waals surface area contributed by atoms with Gasteiger partial charge < -0.3 is 19.5 Å². The first-order valence-electron chi connectivity index (χ1n) is 13.2. The Morgan fingerprint density at radius 2 is 1.66 bits per heavy atom. The summed E-state index contributed by atoms with van der Waals surface area (Å²) in [6, 6.07) is 18.1. The van der Waals surface area contributed by atoms with Crippen LogP contribution >= 0.6 is 0 Å². The quantitative estimate of drug-likeness (QED) is 0.641. The number of piperazine rings is 1. The Kier molecular flexibility index (Phi) is 7.88. The van der Waals surface area contributed by atoms with Gasteiger partial charge in [0.25, 0.3) is 0 Å². The highest BCUT2D eigenvalue weighted by Crippen LogP contribution is 2.37. The van der Waals surface area contributed by atoms with Crippen LogP contribution in [0.15, 0.2) is 48.5 Å². The van der Waals surface area contributed by atoms with Crippen molar-refractivity contribution in [3.8, 4) is 17.6 Å². The van der Waals surface area contributed by atoms with E-state index in [-0.39, 0.29) is 18.2 Å². The third kappa shape index (κ3) is 5.64. The molecule has 2 aromatic carbocycles. The van der Waals surface area contributed by atoms with Gasteiger partial charge in [-0.05, 0) is 55.5 Å². The first-order chi connectivity index (χ1) is 17.2. The summed E-state index contributed by atoms with van der Waals surface area (Å²) in [5.41, 5.74) is 1.71. The summed E-state index contributed by atoms with van der Waals surface area (Å²) in [7, 11) is 0. The third-order valence-corrected chi connectivity index (χ3v) is 8.09. The molecule has 1 saturated carbocycles. The topological polar surface area (TPSA) is 69.0 Å². The average Bonchev–Trinajstić information content (AvgIpc) is 2.94. The van der Waals surface area contributed by atoms with Gasteiger partial charge in [0.05, 0.1) is 17.7 Å². The molecular formula is C29H37N3O3. The molecular weight excluding hydrogens is 438 g/mol. The monoisotopic (exact) mass is 475 g/mol. The number of nitriles is 1. The van der Waals surface area contributed by atoms with Crippen LogP contribution in [0.25, 0.3) is 0 Å². The molecule has 2 heterocycles. The van der Waals surface area contributed by atoms with E-state index in [2.05, 4.69) is 15.9 Å². The van der Waals surface area contributed by atoms with Crippen molar-refractivity contribution in [2.75, 3.05) is 39.3 Å². The molecule has 2 aliphatic heterocycles. The van der Waals surface area contributed by atoms with E-state index in [0.717, 1.165) is 69.0 Å². The lowest BCUT2D eigenvalue weighted by Crippen LogP contribution is -2.54. The van der Waals surface area contributed by atoms with Crippen molar-refractivity contribution in [3.05, 3.63) is 59.7 Å². The highest BCUT2D eigenvalue weighted by molar-refractivity contribution is 5.41. The molecule has 2 aromatic rings. The molecule has 0 aromatic heterocycles. The zero-order valence-electron chi connectivity index (χ0n) is 20.5. The van der Waals surface area contributed by atoms with Crippen LogP contribution < -0.4 is 9.47 Å². The maximum atomic E-state index is 11.5. The van der Waals surface area contributed by atoms with Crippen molar-refractivity contribution in [1.29, 1.82) is 5.26 Å². The molecule has 186 valence electrons. The smallest absolute Gasteiger partial charge is 0.187 e. The first-order valence-corrected chi connectivity index (χ1v) is 13.2. The minimum Gasteiger partial charge on any atom is -0.484 e. The molecule has 0 spiro atoms. The maximum absolute atomic E-state index is 11.5. The van der Waals surface area contributed by atoms with Gasteiger partial charge >= 0.3 is 0 Å². The third-order valence-electron chi connectivity index (χ3n) is 8.09. The number of fused-ring (bicyclic) bond motifs is 1. The Balaban J connectivity index is 1.19. The van der Waals surface area contributed by atoms with Crippen LogP contribution in [-0.4, -0.2) is 66.6 Å². The molecule has 1 aliphatic carbocycles. The number of nitrogens with zero attached hydrogens (tertiary/aromatic N) is 3. The normalized spacial score (nSPS) is 23.4. The van der Waals surface area contributed by atoms with Gasteiger partial charge in [-0.25, -0.2) is 0 Å². The van der Waals surface area contributed by atoms with Gasteiger partial charge in [-0.3, -0.25) is 4.90 Å². The fourth-order valence-corrected chi connectivity index (χ4v) is 6.02. The Labute approximate surface area is 209 Å². The minimum atomic E-state index is -0.390. The zero-order chi connectivity index (χ0) is 24.0. The van der Waals surface area contributed by atoms with Gasteiger partial charge in [-0.2, -0.15) is 5.26 Å². The predicted octanol–water partition coefficient (Wildman–Crippen LogP) is 4.39. The van der Waals surface area contributed by atoms with Gasteiger partial charge in [-0.1, -0.05) is 49.6 Å². The van der Waals surface area contributed by atoms with E-state index < -0.39 is 0 Å². The second-order valence-corrected chi connectivity index (χ2v) is 10.2. The summed E-state index contributed by atoms with van der Waals surface area (Å²) in [5.74, 6) is 1.98. The second-order valence-electron chi connectivity index (χ2n) is 10.2. The van der Waals surface area contributed by atoms with E-state index in [9.17, 15) is 10.4 Å². The van der Waals surface area contributed by atoms with E-state index >= 15 is 0 Å². The number of hydrogen-bond acceptors (Lipinski definition) is 6. The first kappa shape index (κ1) is 24.1. The van der Waals surface area contributed by atoms with Gasteiger partial charge in [0.1, 0.15) is 6.61 Å². The van der Waals surface area contributed by atoms with Crippen molar-refractivity contribution in [2.45, 2.75) is 56.8 Å². The van der Waals surface area contributed by atoms with Crippen molar-refractivity contribution < 1.29 is 14.6 Å². The van der Waals surface area contributed by atoms with Gasteiger partial charge in [0.15, 0.2) is 17.7 Å². The highest BCUT2D eigenvalue weighted by Gasteiger charge is 2.33. The summed E-state index contributed by atoms with van der Waals surface area (Å²) in [5, 5.41) is 21.2. The molecule has 1 saturated heterocycles. The van der Waals surface area contributed by atoms with Crippen LogP contribution in [-0.2, 0) is 0 Å². The molecule has 2 fully saturated rings. The summed E-state index contributed by atoms with van der Waals surface area (Å²) in [4.78, 5) is 4.86. The molecule has 6 heteroatoms. The minimum absolute atomic E-state index is 0.00133. The molecule has 0 amide bonds. The number of benzene rings is 2. The Morgan fingerprint density at radius 3 is 2.43 bits per heavy atom. The van der Waals surface area contributed by atoms with Crippen LogP contribution in [0.3, 0.4) is 0 Å². The highest BCUT2D eigenvalue weighted by atomic mass is 16.6. The van der Waals surface area contributed by atoms with Crippen LogP contribution in [0.4, 0.5) is 0 Å². The predicted molar refractivity (Wildman–Crippen MR) is 135 cm³/mol. The van der Waals surface area contributed by atoms with Crippen LogP contribution in [0, 0.1) is 17.2 Å². The summed E-state index contributed by atoms with van der Waals surface area (Å²) >= 11 is 0. The second kappa shape index (κ2) is 11.4. The van der Waals surface area contributed by atoms with Gasteiger partial charge in [-0.15, -0.1) is 0 Å². The lowest BCUT2D eigenvalue weighted by molar-refractivity contribution is -0.0500. The number of ether oxygens (including phenoxy) is 2. The molecule has 5 rings (SSSR count). The molecule has 6 nitrogen and oxygen atoms in total. The Bertz CT molecular complexity index is 1010. The van der Waals surface area contributed by atoms with E-state index in [1.165, 1.54) is 19.3 Å². The molecule has 0 radical (unpaired) electrons. The molecule has 3 atom stereocenters. The average molecular weight is 476 g/mol. The molecule has 0 bridgehead atoms.